The molecule has 0 aliphatic heterocycles. The van der Waals surface area contributed by atoms with Gasteiger partial charge in [0.15, 0.2) is 0 Å². The second-order valence-electron chi connectivity index (χ2n) is 4.60. The van der Waals surface area contributed by atoms with Crippen LogP contribution >= 0.6 is 15.9 Å². The summed E-state index contributed by atoms with van der Waals surface area (Å²) in [5.74, 6) is 0.345. The monoisotopic (exact) mass is 315 g/mol. The summed E-state index contributed by atoms with van der Waals surface area (Å²) in [5.41, 5.74) is 5.80. The van der Waals surface area contributed by atoms with E-state index in [9.17, 15) is 10.1 Å². The van der Waals surface area contributed by atoms with Gasteiger partial charge in [0.1, 0.15) is 12.8 Å². The molecular weight excluding hydrogens is 302 g/mol. The van der Waals surface area contributed by atoms with Gasteiger partial charge in [-0.1, -0.05) is 12.8 Å². The van der Waals surface area contributed by atoms with E-state index in [1.165, 1.54) is 12.3 Å². The second kappa shape index (κ2) is 5.19. The molecule has 2 N–H and O–H groups in total. The molecule has 0 aromatic carbocycles. The summed E-state index contributed by atoms with van der Waals surface area (Å²) in [6, 6.07) is 1.38. The molecule has 0 saturated heterocycles. The van der Waals surface area contributed by atoms with Crippen molar-refractivity contribution >= 4 is 21.6 Å². The molecule has 0 radical (unpaired) electrons. The van der Waals surface area contributed by atoms with Crippen molar-refractivity contribution in [2.75, 3.05) is 6.61 Å². The fraction of sp³-hybridized carbons (Fsp3) is 0.545. The number of halogens is 1. The number of ether oxygens (including phenoxy) is 1. The summed E-state index contributed by atoms with van der Waals surface area (Å²) >= 11 is 3.21. The van der Waals surface area contributed by atoms with Crippen LogP contribution < -0.4 is 10.5 Å². The highest BCUT2D eigenvalue weighted by molar-refractivity contribution is 9.10. The minimum absolute atomic E-state index is 0.0717. The number of hydrogen-bond donors (Lipinski definition) is 1. The zero-order valence-electron chi connectivity index (χ0n) is 9.76. The molecule has 1 heterocycles. The SMILES string of the molecule is NC1(COc2ncc([N+](=O)[O-])cc2Br)CCCC1. The van der Waals surface area contributed by atoms with Crippen molar-refractivity contribution in [3.05, 3.63) is 26.9 Å². The van der Waals surface area contributed by atoms with E-state index >= 15 is 0 Å². The number of aromatic nitrogens is 1. The Morgan fingerprint density at radius 1 is 1.56 bits per heavy atom. The van der Waals surface area contributed by atoms with E-state index in [1.807, 2.05) is 0 Å². The van der Waals surface area contributed by atoms with Crippen molar-refractivity contribution < 1.29 is 9.66 Å². The van der Waals surface area contributed by atoms with Gasteiger partial charge < -0.3 is 10.5 Å². The predicted octanol–water partition coefficient (Wildman–Crippen LogP) is 2.40. The zero-order valence-corrected chi connectivity index (χ0v) is 11.4. The minimum Gasteiger partial charge on any atom is -0.475 e. The van der Waals surface area contributed by atoms with Gasteiger partial charge in [-0.25, -0.2) is 4.98 Å². The Hall–Kier alpha value is -1.21. The molecule has 18 heavy (non-hydrogen) atoms. The molecule has 0 amide bonds. The molecule has 0 atom stereocenters. The van der Waals surface area contributed by atoms with E-state index in [-0.39, 0.29) is 11.2 Å². The number of rotatable bonds is 4. The topological polar surface area (TPSA) is 91.3 Å². The molecule has 1 aliphatic carbocycles. The van der Waals surface area contributed by atoms with Crippen molar-refractivity contribution in [2.45, 2.75) is 31.2 Å². The molecule has 0 bridgehead atoms. The molecule has 0 spiro atoms. The van der Waals surface area contributed by atoms with Crippen molar-refractivity contribution in [3.63, 3.8) is 0 Å². The summed E-state index contributed by atoms with van der Waals surface area (Å²) in [7, 11) is 0. The van der Waals surface area contributed by atoms with E-state index in [1.54, 1.807) is 0 Å². The van der Waals surface area contributed by atoms with Crippen molar-refractivity contribution in [3.8, 4) is 5.88 Å². The van der Waals surface area contributed by atoms with Crippen molar-refractivity contribution in [1.82, 2.24) is 4.98 Å². The first-order chi connectivity index (χ1) is 8.50. The van der Waals surface area contributed by atoms with Crippen LogP contribution in [0.15, 0.2) is 16.7 Å². The van der Waals surface area contributed by atoms with E-state index in [0.29, 0.717) is 17.0 Å². The van der Waals surface area contributed by atoms with Crippen LogP contribution in [0.5, 0.6) is 5.88 Å². The highest BCUT2D eigenvalue weighted by Crippen LogP contribution is 2.30. The van der Waals surface area contributed by atoms with Crippen molar-refractivity contribution in [2.24, 2.45) is 5.73 Å². The van der Waals surface area contributed by atoms with Gasteiger partial charge in [-0.15, -0.1) is 0 Å². The summed E-state index contributed by atoms with van der Waals surface area (Å²) < 4.78 is 6.02. The Balaban J connectivity index is 2.03. The molecule has 1 aliphatic rings. The normalized spacial score (nSPS) is 17.7. The largest absolute Gasteiger partial charge is 0.475 e. The van der Waals surface area contributed by atoms with E-state index in [0.717, 1.165) is 25.7 Å². The number of hydrogen-bond acceptors (Lipinski definition) is 5. The van der Waals surface area contributed by atoms with Gasteiger partial charge >= 0.3 is 0 Å². The lowest BCUT2D eigenvalue weighted by Crippen LogP contribution is -2.42. The maximum atomic E-state index is 10.6. The number of pyridine rings is 1. The molecule has 1 aromatic heterocycles. The quantitative estimate of drug-likeness (QED) is 0.680. The molecular formula is C11H14BrN3O3. The van der Waals surface area contributed by atoms with Gasteiger partial charge in [-0.05, 0) is 28.8 Å². The standard InChI is InChI=1S/C11H14BrN3O3/c12-9-5-8(15(16)17)6-14-10(9)18-7-11(13)3-1-2-4-11/h5-6H,1-4,7,13H2. The summed E-state index contributed by atoms with van der Waals surface area (Å²) in [5, 5.41) is 10.6. The Kier molecular flexibility index (Phi) is 3.82. The Labute approximate surface area is 113 Å². The molecule has 1 aromatic rings. The second-order valence-corrected chi connectivity index (χ2v) is 5.45. The fourth-order valence-electron chi connectivity index (χ4n) is 2.06. The molecule has 0 unspecified atom stereocenters. The zero-order chi connectivity index (χ0) is 13.2. The van der Waals surface area contributed by atoms with Gasteiger partial charge in [-0.2, -0.15) is 0 Å². The third kappa shape index (κ3) is 2.97. The first kappa shape index (κ1) is 13.2. The molecule has 1 fully saturated rings. The van der Waals surface area contributed by atoms with Crippen LogP contribution in [-0.2, 0) is 0 Å². The lowest BCUT2D eigenvalue weighted by Gasteiger charge is -2.23. The summed E-state index contributed by atoms with van der Waals surface area (Å²) in [6.07, 6.45) is 5.30. The lowest BCUT2D eigenvalue weighted by atomic mass is 10.0. The first-order valence-electron chi connectivity index (χ1n) is 5.72. The maximum absolute atomic E-state index is 10.6. The van der Waals surface area contributed by atoms with Crippen molar-refractivity contribution in [1.29, 1.82) is 0 Å². The lowest BCUT2D eigenvalue weighted by molar-refractivity contribution is -0.385. The van der Waals surface area contributed by atoms with Gasteiger partial charge in [0.05, 0.1) is 14.9 Å². The molecule has 1 saturated carbocycles. The molecule has 6 nitrogen and oxygen atoms in total. The first-order valence-corrected chi connectivity index (χ1v) is 6.51. The summed E-state index contributed by atoms with van der Waals surface area (Å²) in [4.78, 5) is 14.0. The fourth-order valence-corrected chi connectivity index (χ4v) is 2.51. The van der Waals surface area contributed by atoms with E-state index in [2.05, 4.69) is 20.9 Å². The minimum atomic E-state index is -0.497. The molecule has 98 valence electrons. The summed E-state index contributed by atoms with van der Waals surface area (Å²) in [6.45, 7) is 0.385. The van der Waals surface area contributed by atoms with E-state index < -0.39 is 4.92 Å². The Morgan fingerprint density at radius 2 is 2.22 bits per heavy atom. The van der Waals surface area contributed by atoms with Gasteiger partial charge in [0.25, 0.3) is 5.69 Å². The Bertz CT molecular complexity index is 461. The highest BCUT2D eigenvalue weighted by atomic mass is 79.9. The van der Waals surface area contributed by atoms with E-state index in [4.69, 9.17) is 10.5 Å². The third-order valence-corrected chi connectivity index (χ3v) is 3.67. The predicted molar refractivity (Wildman–Crippen MR) is 69.5 cm³/mol. The number of nitrogens with zero attached hydrogens (tertiary/aromatic N) is 2. The Morgan fingerprint density at radius 3 is 2.78 bits per heavy atom. The van der Waals surface area contributed by atoms with Crippen LogP contribution in [0.3, 0.4) is 0 Å². The maximum Gasteiger partial charge on any atom is 0.288 e. The molecule has 2 rings (SSSR count). The number of nitro groups is 1. The van der Waals surface area contributed by atoms with Gasteiger partial charge in [0, 0.05) is 6.07 Å². The van der Waals surface area contributed by atoms with Crippen LogP contribution in [-0.4, -0.2) is 22.1 Å². The van der Waals surface area contributed by atoms with Crippen LogP contribution in [0.25, 0.3) is 0 Å². The van der Waals surface area contributed by atoms with Crippen LogP contribution in [0, 0.1) is 10.1 Å². The van der Waals surface area contributed by atoms with Gasteiger partial charge in [-0.3, -0.25) is 10.1 Å². The smallest absolute Gasteiger partial charge is 0.288 e. The average Bonchev–Trinajstić information content (AvgIpc) is 2.75. The highest BCUT2D eigenvalue weighted by Gasteiger charge is 2.30. The van der Waals surface area contributed by atoms with Crippen LogP contribution in [0.4, 0.5) is 5.69 Å². The third-order valence-electron chi connectivity index (χ3n) is 3.10. The van der Waals surface area contributed by atoms with Crippen LogP contribution in [0.1, 0.15) is 25.7 Å². The van der Waals surface area contributed by atoms with Crippen LogP contribution in [0.2, 0.25) is 0 Å². The average molecular weight is 316 g/mol. The number of nitrogens with two attached hydrogens (primary N) is 1. The molecule has 7 heteroatoms. The van der Waals surface area contributed by atoms with Gasteiger partial charge in [0.2, 0.25) is 5.88 Å².